The average molecular weight is 268 g/mol. The summed E-state index contributed by atoms with van der Waals surface area (Å²) in [5, 5.41) is 0.372. The molecule has 2 rings (SSSR count). The van der Waals surface area contributed by atoms with Crippen molar-refractivity contribution >= 4 is 23.3 Å². The molecule has 4 nitrogen and oxygen atoms in total. The second-order valence-electron chi connectivity index (χ2n) is 4.63. The van der Waals surface area contributed by atoms with Crippen LogP contribution in [0.1, 0.15) is 42.6 Å². The van der Waals surface area contributed by atoms with Gasteiger partial charge in [0.15, 0.2) is 0 Å². The molecule has 1 fully saturated rings. The number of rotatable bonds is 1. The number of nitrogen functional groups attached to an aromatic ring is 1. The van der Waals surface area contributed by atoms with Gasteiger partial charge in [0.05, 0.1) is 5.02 Å². The van der Waals surface area contributed by atoms with Crippen LogP contribution in [0.25, 0.3) is 0 Å². The van der Waals surface area contributed by atoms with Crippen molar-refractivity contribution in [2.24, 2.45) is 0 Å². The Hall–Kier alpha value is -1.29. The van der Waals surface area contributed by atoms with Gasteiger partial charge in [-0.3, -0.25) is 4.79 Å². The van der Waals surface area contributed by atoms with Gasteiger partial charge in [0.25, 0.3) is 5.91 Å². The molecule has 0 radical (unpaired) electrons. The number of aromatic nitrogens is 1. The van der Waals surface area contributed by atoms with Gasteiger partial charge < -0.3 is 10.6 Å². The Morgan fingerprint density at radius 1 is 1.17 bits per heavy atom. The third-order valence-electron chi connectivity index (χ3n) is 3.21. The van der Waals surface area contributed by atoms with Gasteiger partial charge in [-0.15, -0.1) is 0 Å². The van der Waals surface area contributed by atoms with Gasteiger partial charge in [-0.2, -0.15) is 0 Å². The Morgan fingerprint density at radius 2 is 1.78 bits per heavy atom. The monoisotopic (exact) mass is 267 g/mol. The highest BCUT2D eigenvalue weighted by atomic mass is 35.5. The normalized spacial score (nSPS) is 17.1. The van der Waals surface area contributed by atoms with Crippen molar-refractivity contribution in [1.82, 2.24) is 9.88 Å². The highest BCUT2D eigenvalue weighted by Gasteiger charge is 2.20. The van der Waals surface area contributed by atoms with Crippen LogP contribution in [-0.4, -0.2) is 28.9 Å². The van der Waals surface area contributed by atoms with Crippen molar-refractivity contribution in [3.8, 4) is 0 Å². The van der Waals surface area contributed by atoms with Crippen LogP contribution in [0.15, 0.2) is 12.1 Å². The fourth-order valence-electron chi connectivity index (χ4n) is 2.21. The number of pyridine rings is 1. The van der Waals surface area contributed by atoms with Crippen molar-refractivity contribution in [3.63, 3.8) is 0 Å². The maximum absolute atomic E-state index is 12.4. The second-order valence-corrected chi connectivity index (χ2v) is 5.03. The Labute approximate surface area is 112 Å². The fraction of sp³-hybridized carbons (Fsp3) is 0.538. The number of hydrogen-bond acceptors (Lipinski definition) is 3. The number of likely N-dealkylation sites (tertiary alicyclic amines) is 1. The van der Waals surface area contributed by atoms with Gasteiger partial charge in [-0.25, -0.2) is 4.98 Å². The molecule has 1 saturated heterocycles. The molecule has 0 aromatic carbocycles. The predicted octanol–water partition coefficient (Wildman–Crippen LogP) is 2.72. The highest BCUT2D eigenvalue weighted by molar-refractivity contribution is 6.33. The van der Waals surface area contributed by atoms with E-state index in [1.165, 1.54) is 19.3 Å². The van der Waals surface area contributed by atoms with Gasteiger partial charge in [0.2, 0.25) is 0 Å². The molecule has 2 N–H and O–H groups in total. The van der Waals surface area contributed by atoms with E-state index >= 15 is 0 Å². The first-order valence-electron chi connectivity index (χ1n) is 6.40. The Bertz CT molecular complexity index is 428. The van der Waals surface area contributed by atoms with E-state index in [1.54, 1.807) is 12.1 Å². The molecule has 0 spiro atoms. The van der Waals surface area contributed by atoms with Gasteiger partial charge >= 0.3 is 0 Å². The van der Waals surface area contributed by atoms with Gasteiger partial charge in [-0.1, -0.05) is 30.9 Å². The van der Waals surface area contributed by atoms with E-state index in [1.807, 2.05) is 4.90 Å². The van der Waals surface area contributed by atoms with Crippen LogP contribution < -0.4 is 5.73 Å². The minimum atomic E-state index is -0.103. The summed E-state index contributed by atoms with van der Waals surface area (Å²) in [5.41, 5.74) is 5.89. The van der Waals surface area contributed by atoms with E-state index in [4.69, 9.17) is 17.3 Å². The average Bonchev–Trinajstić information content (AvgIpc) is 2.31. The van der Waals surface area contributed by atoms with E-state index in [2.05, 4.69) is 4.98 Å². The third kappa shape index (κ3) is 3.13. The molecular formula is C13H18ClN3O. The van der Waals surface area contributed by atoms with E-state index in [0.29, 0.717) is 10.8 Å². The Balaban J connectivity index is 2.15. The molecular weight excluding hydrogens is 250 g/mol. The molecule has 0 bridgehead atoms. The molecule has 0 saturated carbocycles. The molecule has 0 atom stereocenters. The maximum atomic E-state index is 12.4. The molecule has 18 heavy (non-hydrogen) atoms. The number of amides is 1. The van der Waals surface area contributed by atoms with Crippen LogP contribution in [0.2, 0.25) is 5.02 Å². The van der Waals surface area contributed by atoms with Crippen molar-refractivity contribution in [2.45, 2.75) is 32.1 Å². The lowest BCUT2D eigenvalue weighted by Crippen LogP contribution is -2.34. The van der Waals surface area contributed by atoms with Crippen molar-refractivity contribution in [2.75, 3.05) is 18.8 Å². The summed E-state index contributed by atoms with van der Waals surface area (Å²) >= 11 is 6.02. The number of hydrogen-bond donors (Lipinski definition) is 1. The van der Waals surface area contributed by atoms with Crippen LogP contribution in [0.5, 0.6) is 0 Å². The summed E-state index contributed by atoms with van der Waals surface area (Å²) < 4.78 is 0. The quantitative estimate of drug-likeness (QED) is 0.851. The number of nitrogens with two attached hydrogens (primary N) is 1. The summed E-state index contributed by atoms with van der Waals surface area (Å²) in [6.07, 6.45) is 5.72. The molecule has 0 aliphatic carbocycles. The lowest BCUT2D eigenvalue weighted by atomic mass is 10.1. The summed E-state index contributed by atoms with van der Waals surface area (Å²) in [4.78, 5) is 18.3. The molecule has 98 valence electrons. The van der Waals surface area contributed by atoms with Crippen LogP contribution in [0.3, 0.4) is 0 Å². The minimum absolute atomic E-state index is 0.103. The van der Waals surface area contributed by atoms with Crippen LogP contribution in [-0.2, 0) is 0 Å². The smallest absolute Gasteiger partial charge is 0.274 e. The standard InChI is InChI=1S/C13H18ClN3O/c14-10-6-7-11(15)16-12(10)13(18)17-8-4-2-1-3-5-9-17/h6-7H,1-5,8-9H2,(H2,15,16). The molecule has 5 heteroatoms. The van der Waals surface area contributed by atoms with Crippen LogP contribution in [0, 0.1) is 0 Å². The van der Waals surface area contributed by atoms with Crippen molar-refractivity contribution in [1.29, 1.82) is 0 Å². The number of halogens is 1. The first-order valence-corrected chi connectivity index (χ1v) is 6.77. The van der Waals surface area contributed by atoms with Crippen LogP contribution in [0.4, 0.5) is 5.82 Å². The molecule has 1 aliphatic rings. The molecule has 1 amide bonds. The highest BCUT2D eigenvalue weighted by Crippen LogP contribution is 2.19. The largest absolute Gasteiger partial charge is 0.384 e. The number of carbonyl (C=O) groups excluding carboxylic acids is 1. The number of anilines is 1. The number of nitrogens with zero attached hydrogens (tertiary/aromatic N) is 2. The third-order valence-corrected chi connectivity index (χ3v) is 3.52. The summed E-state index contributed by atoms with van der Waals surface area (Å²) in [5.74, 6) is 0.226. The topological polar surface area (TPSA) is 59.2 Å². The summed E-state index contributed by atoms with van der Waals surface area (Å²) in [6, 6.07) is 3.23. The summed E-state index contributed by atoms with van der Waals surface area (Å²) in [6.45, 7) is 1.57. The zero-order valence-electron chi connectivity index (χ0n) is 10.4. The second kappa shape index (κ2) is 6.05. The van der Waals surface area contributed by atoms with E-state index in [-0.39, 0.29) is 11.6 Å². The molecule has 0 unspecified atom stereocenters. The Kier molecular flexibility index (Phi) is 4.42. The molecule has 1 aromatic rings. The molecule has 2 heterocycles. The van der Waals surface area contributed by atoms with Gasteiger partial charge in [0.1, 0.15) is 11.5 Å². The molecule has 1 aliphatic heterocycles. The summed E-state index contributed by atoms with van der Waals surface area (Å²) in [7, 11) is 0. The van der Waals surface area contributed by atoms with Crippen molar-refractivity contribution < 1.29 is 4.79 Å². The van der Waals surface area contributed by atoms with E-state index < -0.39 is 0 Å². The van der Waals surface area contributed by atoms with Crippen LogP contribution >= 0.6 is 11.6 Å². The SMILES string of the molecule is Nc1ccc(Cl)c(C(=O)N2CCCCCCC2)n1. The first kappa shape index (κ1) is 13.1. The number of carbonyl (C=O) groups is 1. The van der Waals surface area contributed by atoms with E-state index in [9.17, 15) is 4.79 Å². The lowest BCUT2D eigenvalue weighted by Gasteiger charge is -2.24. The lowest BCUT2D eigenvalue weighted by molar-refractivity contribution is 0.0737. The maximum Gasteiger partial charge on any atom is 0.274 e. The van der Waals surface area contributed by atoms with Gasteiger partial charge in [0, 0.05) is 13.1 Å². The minimum Gasteiger partial charge on any atom is -0.384 e. The zero-order valence-corrected chi connectivity index (χ0v) is 11.1. The zero-order chi connectivity index (χ0) is 13.0. The first-order chi connectivity index (χ1) is 8.68. The van der Waals surface area contributed by atoms with Crippen molar-refractivity contribution in [3.05, 3.63) is 22.8 Å². The fourth-order valence-corrected chi connectivity index (χ4v) is 2.39. The molecule has 1 aromatic heterocycles. The Morgan fingerprint density at radius 3 is 2.44 bits per heavy atom. The van der Waals surface area contributed by atoms with Gasteiger partial charge in [-0.05, 0) is 25.0 Å². The predicted molar refractivity (Wildman–Crippen MR) is 72.6 cm³/mol. The van der Waals surface area contributed by atoms with E-state index in [0.717, 1.165) is 25.9 Å².